The molecule has 1 atom stereocenters. The molecule has 1 aliphatic rings. The van der Waals surface area contributed by atoms with Gasteiger partial charge in [-0.2, -0.15) is 0 Å². The molecule has 5 nitrogen and oxygen atoms in total. The van der Waals surface area contributed by atoms with E-state index < -0.39 is 6.10 Å². The number of carbonyl (C=O) groups excluding carboxylic acids is 2. The number of nitrogens with zero attached hydrogens (tertiary/aromatic N) is 1. The fourth-order valence-electron chi connectivity index (χ4n) is 1.62. The Kier molecular flexibility index (Phi) is 6.36. The summed E-state index contributed by atoms with van der Waals surface area (Å²) in [5.74, 6) is 0.709. The molecule has 0 bridgehead atoms. The normalized spacial score (nSPS) is 17.3. The lowest BCUT2D eigenvalue weighted by Crippen LogP contribution is -2.35. The minimum absolute atomic E-state index is 0.0591. The van der Waals surface area contributed by atoms with E-state index >= 15 is 0 Å². The molecule has 0 aromatic rings. The van der Waals surface area contributed by atoms with E-state index in [-0.39, 0.29) is 11.1 Å². The number of aliphatic hydroxyl groups is 1. The van der Waals surface area contributed by atoms with Crippen LogP contribution in [0.15, 0.2) is 0 Å². The van der Waals surface area contributed by atoms with Crippen molar-refractivity contribution in [3.63, 3.8) is 0 Å². The molecule has 2 N–H and O–H groups in total. The number of thioether (sulfide) groups is 1. The van der Waals surface area contributed by atoms with Crippen LogP contribution in [0.1, 0.15) is 26.2 Å². The van der Waals surface area contributed by atoms with Gasteiger partial charge in [-0.1, -0.05) is 25.1 Å². The molecule has 98 valence electrons. The number of rotatable bonds is 7. The first-order chi connectivity index (χ1) is 8.13. The first-order valence-corrected chi connectivity index (χ1v) is 6.98. The van der Waals surface area contributed by atoms with Crippen molar-refractivity contribution in [2.24, 2.45) is 0 Å². The van der Waals surface area contributed by atoms with Crippen molar-refractivity contribution in [2.45, 2.75) is 32.3 Å². The van der Waals surface area contributed by atoms with Crippen molar-refractivity contribution >= 4 is 22.9 Å². The lowest BCUT2D eigenvalue weighted by molar-refractivity contribution is -0.121. The average Bonchev–Trinajstić information content (AvgIpc) is 2.70. The minimum atomic E-state index is -0.465. The molecular weight excluding hydrogens is 240 g/mol. The van der Waals surface area contributed by atoms with Crippen LogP contribution in [0.5, 0.6) is 0 Å². The van der Waals surface area contributed by atoms with Gasteiger partial charge in [-0.3, -0.25) is 9.59 Å². The molecule has 0 aromatic heterocycles. The van der Waals surface area contributed by atoms with Gasteiger partial charge in [0.2, 0.25) is 5.91 Å². The van der Waals surface area contributed by atoms with Gasteiger partial charge in [0.25, 0.3) is 5.24 Å². The van der Waals surface area contributed by atoms with Gasteiger partial charge in [-0.05, 0) is 6.42 Å². The summed E-state index contributed by atoms with van der Waals surface area (Å²) >= 11 is 1.30. The van der Waals surface area contributed by atoms with Gasteiger partial charge in [-0.15, -0.1) is 0 Å². The number of aliphatic hydroxyl groups excluding tert-OH is 1. The third kappa shape index (κ3) is 5.41. The summed E-state index contributed by atoms with van der Waals surface area (Å²) in [6.07, 6.45) is 1.44. The number of hydrogen-bond donors (Lipinski definition) is 2. The Labute approximate surface area is 106 Å². The second kappa shape index (κ2) is 7.55. The molecule has 1 unspecified atom stereocenters. The zero-order valence-corrected chi connectivity index (χ0v) is 11.0. The number of hydrogen-bond acceptors (Lipinski definition) is 4. The molecule has 0 radical (unpaired) electrons. The van der Waals surface area contributed by atoms with E-state index in [0.29, 0.717) is 25.9 Å². The molecule has 17 heavy (non-hydrogen) atoms. The van der Waals surface area contributed by atoms with Crippen LogP contribution in [-0.4, -0.2) is 52.6 Å². The molecule has 0 spiro atoms. The molecule has 0 saturated carbocycles. The maximum Gasteiger partial charge on any atom is 0.281 e. The fourth-order valence-corrected chi connectivity index (χ4v) is 2.47. The van der Waals surface area contributed by atoms with Crippen molar-refractivity contribution in [1.82, 2.24) is 10.2 Å². The first kappa shape index (κ1) is 14.3. The molecule has 6 heteroatoms. The standard InChI is InChI=1S/C11H20N2O3S/c1-2-3-9(14)8-12-10(15)4-5-13-6-7-17-11(13)16/h9,14H,2-8H2,1H3,(H,12,15). The first-order valence-electron chi connectivity index (χ1n) is 6.00. The van der Waals surface area contributed by atoms with Crippen LogP contribution in [0.2, 0.25) is 0 Å². The second-order valence-corrected chi connectivity index (χ2v) is 5.14. The van der Waals surface area contributed by atoms with Crippen molar-refractivity contribution in [1.29, 1.82) is 0 Å². The minimum Gasteiger partial charge on any atom is -0.391 e. The summed E-state index contributed by atoms with van der Waals surface area (Å²) < 4.78 is 0. The van der Waals surface area contributed by atoms with Gasteiger partial charge in [-0.25, -0.2) is 0 Å². The Morgan fingerprint density at radius 1 is 1.65 bits per heavy atom. The van der Waals surface area contributed by atoms with Gasteiger partial charge >= 0.3 is 0 Å². The summed E-state index contributed by atoms with van der Waals surface area (Å²) in [7, 11) is 0. The molecular formula is C11H20N2O3S. The van der Waals surface area contributed by atoms with Crippen molar-refractivity contribution in [3.8, 4) is 0 Å². The van der Waals surface area contributed by atoms with E-state index in [2.05, 4.69) is 5.32 Å². The Balaban J connectivity index is 2.10. The second-order valence-electron chi connectivity index (χ2n) is 4.10. The van der Waals surface area contributed by atoms with Crippen LogP contribution in [-0.2, 0) is 4.79 Å². The zero-order chi connectivity index (χ0) is 12.7. The van der Waals surface area contributed by atoms with E-state index in [1.807, 2.05) is 6.92 Å². The monoisotopic (exact) mass is 260 g/mol. The highest BCUT2D eigenvalue weighted by Gasteiger charge is 2.21. The molecule has 1 fully saturated rings. The van der Waals surface area contributed by atoms with Crippen molar-refractivity contribution < 1.29 is 14.7 Å². The maximum atomic E-state index is 11.4. The number of carbonyl (C=O) groups is 2. The van der Waals surface area contributed by atoms with Gasteiger partial charge in [0.1, 0.15) is 0 Å². The van der Waals surface area contributed by atoms with E-state index in [9.17, 15) is 14.7 Å². The Hall–Kier alpha value is -0.750. The Morgan fingerprint density at radius 2 is 2.41 bits per heavy atom. The quantitative estimate of drug-likeness (QED) is 0.711. The lowest BCUT2D eigenvalue weighted by Gasteiger charge is -2.15. The predicted molar refractivity (Wildman–Crippen MR) is 68.0 cm³/mol. The van der Waals surface area contributed by atoms with Gasteiger partial charge in [0, 0.05) is 31.8 Å². The Bertz CT molecular complexity index is 273. The molecule has 2 amide bonds. The number of nitrogens with one attached hydrogen (secondary N) is 1. The van der Waals surface area contributed by atoms with Gasteiger partial charge in [0.15, 0.2) is 0 Å². The highest BCUT2D eigenvalue weighted by molar-refractivity contribution is 8.13. The Morgan fingerprint density at radius 3 is 3.00 bits per heavy atom. The fraction of sp³-hybridized carbons (Fsp3) is 0.818. The predicted octanol–water partition coefficient (Wildman–Crippen LogP) is 0.823. The zero-order valence-electron chi connectivity index (χ0n) is 10.1. The van der Waals surface area contributed by atoms with E-state index in [4.69, 9.17) is 0 Å². The summed E-state index contributed by atoms with van der Waals surface area (Å²) in [5.41, 5.74) is 0. The van der Waals surface area contributed by atoms with Crippen LogP contribution in [0.3, 0.4) is 0 Å². The summed E-state index contributed by atoms with van der Waals surface area (Å²) in [6, 6.07) is 0. The molecule has 0 aromatic carbocycles. The van der Waals surface area contributed by atoms with Crippen LogP contribution in [0.25, 0.3) is 0 Å². The SMILES string of the molecule is CCCC(O)CNC(=O)CCN1CCSC1=O. The molecule has 1 rings (SSSR count). The highest BCUT2D eigenvalue weighted by atomic mass is 32.2. The molecule has 0 aliphatic carbocycles. The highest BCUT2D eigenvalue weighted by Crippen LogP contribution is 2.16. The van der Waals surface area contributed by atoms with Gasteiger partial charge < -0.3 is 15.3 Å². The summed E-state index contributed by atoms with van der Waals surface area (Å²) in [6.45, 7) is 3.49. The summed E-state index contributed by atoms with van der Waals surface area (Å²) in [4.78, 5) is 24.4. The largest absolute Gasteiger partial charge is 0.391 e. The molecule has 1 heterocycles. The average molecular weight is 260 g/mol. The maximum absolute atomic E-state index is 11.4. The third-order valence-corrected chi connectivity index (χ3v) is 3.50. The van der Waals surface area contributed by atoms with Crippen LogP contribution in [0, 0.1) is 0 Å². The van der Waals surface area contributed by atoms with E-state index in [1.165, 1.54) is 11.8 Å². The number of amides is 2. The van der Waals surface area contributed by atoms with Crippen molar-refractivity contribution in [3.05, 3.63) is 0 Å². The van der Waals surface area contributed by atoms with Crippen LogP contribution in [0.4, 0.5) is 4.79 Å². The summed E-state index contributed by atoms with van der Waals surface area (Å²) in [5, 5.41) is 12.2. The molecule has 1 aliphatic heterocycles. The third-order valence-electron chi connectivity index (χ3n) is 2.61. The van der Waals surface area contributed by atoms with E-state index in [1.54, 1.807) is 4.90 Å². The van der Waals surface area contributed by atoms with Crippen molar-refractivity contribution in [2.75, 3.05) is 25.4 Å². The molecule has 1 saturated heterocycles. The van der Waals surface area contributed by atoms with Crippen LogP contribution >= 0.6 is 11.8 Å². The topological polar surface area (TPSA) is 69.6 Å². The van der Waals surface area contributed by atoms with Crippen LogP contribution < -0.4 is 5.32 Å². The van der Waals surface area contributed by atoms with E-state index in [0.717, 1.165) is 18.7 Å². The smallest absolute Gasteiger partial charge is 0.281 e. The lowest BCUT2D eigenvalue weighted by atomic mass is 10.2. The van der Waals surface area contributed by atoms with Gasteiger partial charge in [0.05, 0.1) is 6.10 Å².